The first-order valence-electron chi connectivity index (χ1n) is 7.06. The van der Waals surface area contributed by atoms with Crippen molar-refractivity contribution in [3.63, 3.8) is 0 Å². The molecule has 108 valence electrons. The van der Waals surface area contributed by atoms with Crippen LogP contribution in [0.4, 0.5) is 0 Å². The summed E-state index contributed by atoms with van der Waals surface area (Å²) in [5.41, 5.74) is 1.21. The Morgan fingerprint density at radius 3 is 2.80 bits per heavy atom. The van der Waals surface area contributed by atoms with Gasteiger partial charge in [-0.15, -0.1) is 0 Å². The number of guanidine groups is 1. The minimum atomic E-state index is 0.238. The summed E-state index contributed by atoms with van der Waals surface area (Å²) in [7, 11) is 4.00. The summed E-state index contributed by atoms with van der Waals surface area (Å²) in [5.74, 6) is 0.895. The third kappa shape index (κ3) is 4.61. The van der Waals surface area contributed by atoms with Crippen LogP contribution in [0.5, 0.6) is 0 Å². The summed E-state index contributed by atoms with van der Waals surface area (Å²) < 4.78 is 5.55. The lowest BCUT2D eigenvalue weighted by atomic mass is 10.1. The van der Waals surface area contributed by atoms with Gasteiger partial charge in [-0.25, -0.2) is 4.99 Å². The molecule has 1 aromatic rings. The standard InChI is InChI=1S/C16H23N3O/c1-19(2)16(17-12-14-8-4-3-5-9-14)18-13-15-10-6-7-11-20-15/h3-5,7-9,11,15H,6,10,12-13H2,1-2H3,(H,17,18). The van der Waals surface area contributed by atoms with E-state index >= 15 is 0 Å². The highest BCUT2D eigenvalue weighted by molar-refractivity contribution is 5.79. The van der Waals surface area contributed by atoms with Gasteiger partial charge in [0.15, 0.2) is 5.96 Å². The zero-order chi connectivity index (χ0) is 14.2. The molecular formula is C16H23N3O. The zero-order valence-corrected chi connectivity index (χ0v) is 12.2. The van der Waals surface area contributed by atoms with Crippen LogP contribution >= 0.6 is 0 Å². The fourth-order valence-electron chi connectivity index (χ4n) is 2.05. The average Bonchev–Trinajstić information content (AvgIpc) is 2.49. The van der Waals surface area contributed by atoms with Gasteiger partial charge >= 0.3 is 0 Å². The molecule has 0 amide bonds. The highest BCUT2D eigenvalue weighted by atomic mass is 16.5. The predicted octanol–water partition coefficient (Wildman–Crippen LogP) is 2.39. The maximum Gasteiger partial charge on any atom is 0.193 e. The maximum atomic E-state index is 5.55. The molecule has 0 bridgehead atoms. The first-order chi connectivity index (χ1) is 9.75. The normalized spacial score (nSPS) is 18.5. The molecule has 0 aliphatic carbocycles. The van der Waals surface area contributed by atoms with E-state index in [9.17, 15) is 0 Å². The van der Waals surface area contributed by atoms with Crippen LogP contribution in [0.25, 0.3) is 0 Å². The van der Waals surface area contributed by atoms with Crippen molar-refractivity contribution in [2.45, 2.75) is 25.5 Å². The van der Waals surface area contributed by atoms with Crippen molar-refractivity contribution in [2.24, 2.45) is 4.99 Å². The molecule has 4 heteroatoms. The summed E-state index contributed by atoms with van der Waals surface area (Å²) in [6, 6.07) is 10.3. The van der Waals surface area contributed by atoms with Crippen molar-refractivity contribution in [3.8, 4) is 0 Å². The molecule has 0 radical (unpaired) electrons. The summed E-state index contributed by atoms with van der Waals surface area (Å²) >= 11 is 0. The van der Waals surface area contributed by atoms with Crippen molar-refractivity contribution in [2.75, 3.05) is 20.6 Å². The lowest BCUT2D eigenvalue weighted by Gasteiger charge is -2.23. The minimum absolute atomic E-state index is 0.238. The number of nitrogens with zero attached hydrogens (tertiary/aromatic N) is 2. The first kappa shape index (κ1) is 14.4. The Labute approximate surface area is 121 Å². The van der Waals surface area contributed by atoms with Crippen LogP contribution in [-0.2, 0) is 11.3 Å². The monoisotopic (exact) mass is 273 g/mol. The molecular weight excluding hydrogens is 250 g/mol. The van der Waals surface area contributed by atoms with E-state index in [0.717, 1.165) is 25.3 Å². The van der Waals surface area contributed by atoms with Crippen LogP contribution in [0.3, 0.4) is 0 Å². The van der Waals surface area contributed by atoms with E-state index in [2.05, 4.69) is 28.5 Å². The van der Waals surface area contributed by atoms with E-state index in [-0.39, 0.29) is 6.10 Å². The number of allylic oxidation sites excluding steroid dienone is 1. The second-order valence-corrected chi connectivity index (χ2v) is 5.11. The molecule has 1 aliphatic heterocycles. The molecule has 0 aromatic heterocycles. The molecule has 1 heterocycles. The Morgan fingerprint density at radius 2 is 2.15 bits per heavy atom. The molecule has 0 spiro atoms. The summed E-state index contributed by atoms with van der Waals surface area (Å²) in [6.45, 7) is 1.48. The Morgan fingerprint density at radius 1 is 1.35 bits per heavy atom. The van der Waals surface area contributed by atoms with Crippen molar-refractivity contribution in [1.29, 1.82) is 0 Å². The van der Waals surface area contributed by atoms with Gasteiger partial charge in [-0.05, 0) is 24.5 Å². The zero-order valence-electron chi connectivity index (χ0n) is 12.2. The molecule has 1 N–H and O–H groups in total. The summed E-state index contributed by atoms with van der Waals surface area (Å²) in [4.78, 5) is 6.64. The predicted molar refractivity (Wildman–Crippen MR) is 82.5 cm³/mol. The fourth-order valence-corrected chi connectivity index (χ4v) is 2.05. The quantitative estimate of drug-likeness (QED) is 0.676. The summed E-state index contributed by atoms with van der Waals surface area (Å²) in [6.07, 6.45) is 6.24. The Balaban J connectivity index is 1.87. The van der Waals surface area contributed by atoms with Gasteiger partial charge in [0, 0.05) is 14.1 Å². The second kappa shape index (κ2) is 7.58. The Kier molecular flexibility index (Phi) is 5.47. The van der Waals surface area contributed by atoms with Gasteiger partial charge < -0.3 is 15.0 Å². The number of nitrogens with one attached hydrogen (secondary N) is 1. The molecule has 1 atom stereocenters. The molecule has 1 aromatic carbocycles. The topological polar surface area (TPSA) is 36.9 Å². The third-order valence-corrected chi connectivity index (χ3v) is 3.19. The molecule has 1 aliphatic rings. The average molecular weight is 273 g/mol. The number of hydrogen-bond donors (Lipinski definition) is 1. The van der Waals surface area contributed by atoms with Crippen molar-refractivity contribution in [1.82, 2.24) is 10.2 Å². The molecule has 1 unspecified atom stereocenters. The summed E-state index contributed by atoms with van der Waals surface area (Å²) in [5, 5.41) is 3.38. The molecule has 0 saturated heterocycles. The highest BCUT2D eigenvalue weighted by Gasteiger charge is 2.12. The van der Waals surface area contributed by atoms with E-state index in [1.807, 2.05) is 37.2 Å². The first-order valence-corrected chi connectivity index (χ1v) is 7.06. The molecule has 0 fully saturated rings. The van der Waals surface area contributed by atoms with Gasteiger partial charge in [0.25, 0.3) is 0 Å². The van der Waals surface area contributed by atoms with Crippen molar-refractivity contribution < 1.29 is 4.74 Å². The van der Waals surface area contributed by atoms with E-state index in [4.69, 9.17) is 4.74 Å². The van der Waals surface area contributed by atoms with E-state index in [1.54, 1.807) is 6.26 Å². The lowest BCUT2D eigenvalue weighted by Crippen LogP contribution is -2.41. The minimum Gasteiger partial charge on any atom is -0.497 e. The van der Waals surface area contributed by atoms with Gasteiger partial charge in [0.1, 0.15) is 6.10 Å². The van der Waals surface area contributed by atoms with Crippen molar-refractivity contribution in [3.05, 3.63) is 48.2 Å². The fraction of sp³-hybridized carbons (Fsp3) is 0.438. The SMILES string of the molecule is CN(C)C(=NCc1ccccc1)NCC1CCC=CO1. The molecule has 2 rings (SSSR count). The van der Waals surface area contributed by atoms with Crippen LogP contribution in [-0.4, -0.2) is 37.6 Å². The number of ether oxygens (including phenoxy) is 1. The lowest BCUT2D eigenvalue weighted by molar-refractivity contribution is 0.126. The van der Waals surface area contributed by atoms with Gasteiger partial charge in [-0.3, -0.25) is 0 Å². The van der Waals surface area contributed by atoms with Crippen LogP contribution in [0.1, 0.15) is 18.4 Å². The van der Waals surface area contributed by atoms with Crippen LogP contribution in [0.15, 0.2) is 47.7 Å². The van der Waals surface area contributed by atoms with Gasteiger partial charge in [-0.2, -0.15) is 0 Å². The number of rotatable bonds is 4. The smallest absolute Gasteiger partial charge is 0.193 e. The van der Waals surface area contributed by atoms with Crippen molar-refractivity contribution >= 4 is 5.96 Å². The second-order valence-electron chi connectivity index (χ2n) is 5.11. The maximum absolute atomic E-state index is 5.55. The van der Waals surface area contributed by atoms with Gasteiger partial charge in [0.05, 0.1) is 19.4 Å². The van der Waals surface area contributed by atoms with Crippen LogP contribution < -0.4 is 5.32 Å². The Hall–Kier alpha value is -1.97. The molecule has 20 heavy (non-hydrogen) atoms. The van der Waals surface area contributed by atoms with E-state index in [1.165, 1.54) is 5.56 Å². The number of benzene rings is 1. The van der Waals surface area contributed by atoms with Gasteiger partial charge in [0.2, 0.25) is 0 Å². The van der Waals surface area contributed by atoms with E-state index < -0.39 is 0 Å². The van der Waals surface area contributed by atoms with Gasteiger partial charge in [-0.1, -0.05) is 30.3 Å². The van der Waals surface area contributed by atoms with Crippen LogP contribution in [0, 0.1) is 0 Å². The molecule has 4 nitrogen and oxygen atoms in total. The largest absolute Gasteiger partial charge is 0.497 e. The van der Waals surface area contributed by atoms with Crippen LogP contribution in [0.2, 0.25) is 0 Å². The molecule has 0 saturated carbocycles. The highest BCUT2D eigenvalue weighted by Crippen LogP contribution is 2.09. The number of hydrogen-bond acceptors (Lipinski definition) is 2. The number of aliphatic imine (C=N–C) groups is 1. The van der Waals surface area contributed by atoms with E-state index in [0.29, 0.717) is 6.54 Å². The third-order valence-electron chi connectivity index (χ3n) is 3.19. The Bertz CT molecular complexity index is 454.